The highest BCUT2D eigenvalue weighted by Gasteiger charge is 2.05. The lowest BCUT2D eigenvalue weighted by Gasteiger charge is -2.10. The van der Waals surface area contributed by atoms with Gasteiger partial charge in [0.2, 0.25) is 0 Å². The molecule has 1 aliphatic carbocycles. The van der Waals surface area contributed by atoms with Gasteiger partial charge >= 0.3 is 0 Å². The Bertz CT molecular complexity index is 578. The van der Waals surface area contributed by atoms with Crippen molar-refractivity contribution in [3.63, 3.8) is 0 Å². The zero-order valence-electron chi connectivity index (χ0n) is 11.3. The van der Waals surface area contributed by atoms with Crippen molar-refractivity contribution in [3.05, 3.63) is 82.9 Å². The van der Waals surface area contributed by atoms with Crippen molar-refractivity contribution >= 4 is 0 Å². The second kappa shape index (κ2) is 5.88. The van der Waals surface area contributed by atoms with Crippen molar-refractivity contribution in [1.82, 2.24) is 0 Å². The van der Waals surface area contributed by atoms with Crippen molar-refractivity contribution in [2.24, 2.45) is 0 Å². The molecule has 0 saturated heterocycles. The Labute approximate surface area is 115 Å². The molecule has 96 valence electrons. The molecule has 0 N–H and O–H groups in total. The van der Waals surface area contributed by atoms with E-state index in [0.29, 0.717) is 0 Å². The third-order valence-corrected chi connectivity index (χ3v) is 3.99. The number of fused-ring (bicyclic) bond motifs is 2. The molecule has 0 heteroatoms. The maximum atomic E-state index is 2.33. The highest BCUT2D eigenvalue weighted by Crippen LogP contribution is 2.18. The van der Waals surface area contributed by atoms with Gasteiger partial charge in [0, 0.05) is 0 Å². The van der Waals surface area contributed by atoms with Gasteiger partial charge in [0.15, 0.2) is 0 Å². The predicted octanol–water partition coefficient (Wildman–Crippen LogP) is 4.52. The Kier molecular flexibility index (Phi) is 3.78. The highest BCUT2D eigenvalue weighted by molar-refractivity contribution is 5.33. The molecule has 3 rings (SSSR count). The summed E-state index contributed by atoms with van der Waals surface area (Å²) in [6, 6.07) is 17.8. The van der Waals surface area contributed by atoms with Crippen LogP contribution in [0, 0.1) is 0 Å². The number of aryl methyl sites for hydroxylation is 3. The van der Waals surface area contributed by atoms with E-state index in [-0.39, 0.29) is 0 Å². The summed E-state index contributed by atoms with van der Waals surface area (Å²) >= 11 is 0. The molecule has 19 heavy (non-hydrogen) atoms. The lowest BCUT2D eigenvalue weighted by Crippen LogP contribution is -1.98. The fourth-order valence-electron chi connectivity index (χ4n) is 2.88. The maximum Gasteiger partial charge on any atom is -0.00947 e. The smallest absolute Gasteiger partial charge is 0.00947 e. The molecule has 0 bridgehead atoms. The maximum absolute atomic E-state index is 2.33. The van der Waals surface area contributed by atoms with Gasteiger partial charge < -0.3 is 0 Å². The van der Waals surface area contributed by atoms with Crippen molar-refractivity contribution in [3.8, 4) is 0 Å². The minimum Gasteiger partial charge on any atom is -0.0879 e. The molecule has 0 unspecified atom stereocenters. The van der Waals surface area contributed by atoms with Crippen LogP contribution in [0.1, 0.15) is 28.7 Å². The molecule has 1 aliphatic rings. The topological polar surface area (TPSA) is 0 Å². The Hall–Kier alpha value is -1.82. The molecule has 0 fully saturated rings. The van der Waals surface area contributed by atoms with Crippen LogP contribution in [0.15, 0.2) is 60.7 Å². The molecular formula is C19H20. The quantitative estimate of drug-likeness (QED) is 0.601. The van der Waals surface area contributed by atoms with Gasteiger partial charge in [-0.1, -0.05) is 60.7 Å². The first-order valence-electron chi connectivity index (χ1n) is 7.22. The van der Waals surface area contributed by atoms with Crippen LogP contribution in [0.5, 0.6) is 0 Å². The average molecular weight is 248 g/mol. The van der Waals surface area contributed by atoms with Crippen LogP contribution in [0.3, 0.4) is 0 Å². The minimum atomic E-state index is 1.08. The fraction of sp³-hybridized carbons (Fsp3) is 0.263. The number of rotatable bonds is 0. The average Bonchev–Trinajstić information content (AvgIpc) is 2.50. The zero-order chi connectivity index (χ0) is 12.9. The van der Waals surface area contributed by atoms with Crippen molar-refractivity contribution in [2.45, 2.75) is 32.1 Å². The van der Waals surface area contributed by atoms with Crippen LogP contribution >= 0.6 is 0 Å². The van der Waals surface area contributed by atoms with E-state index in [0.717, 1.165) is 25.7 Å². The largest absolute Gasteiger partial charge is 0.0879 e. The molecule has 0 heterocycles. The predicted molar refractivity (Wildman–Crippen MR) is 81.5 cm³/mol. The van der Waals surface area contributed by atoms with Gasteiger partial charge in [0.1, 0.15) is 0 Å². The number of allylic oxidation sites excluding steroid dienone is 2. The van der Waals surface area contributed by atoms with Crippen molar-refractivity contribution < 1.29 is 0 Å². The van der Waals surface area contributed by atoms with Crippen molar-refractivity contribution in [2.75, 3.05) is 0 Å². The molecule has 0 spiro atoms. The number of hydrogen-bond acceptors (Lipinski definition) is 0. The van der Waals surface area contributed by atoms with Crippen molar-refractivity contribution in [1.29, 1.82) is 0 Å². The van der Waals surface area contributed by atoms with E-state index in [4.69, 9.17) is 0 Å². The van der Waals surface area contributed by atoms with E-state index in [1.165, 1.54) is 28.7 Å². The van der Waals surface area contributed by atoms with Gasteiger partial charge in [0.05, 0.1) is 0 Å². The monoisotopic (exact) mass is 248 g/mol. The van der Waals surface area contributed by atoms with E-state index in [1.54, 1.807) is 0 Å². The van der Waals surface area contributed by atoms with E-state index >= 15 is 0 Å². The molecule has 0 atom stereocenters. The van der Waals surface area contributed by atoms with Crippen LogP contribution in [0.2, 0.25) is 0 Å². The Morgan fingerprint density at radius 3 is 1.74 bits per heavy atom. The SMILES string of the molecule is C1=CCc2ccccc2CCc2ccccc2CC1. The lowest BCUT2D eigenvalue weighted by molar-refractivity contribution is 0.906. The molecule has 2 aromatic rings. The summed E-state index contributed by atoms with van der Waals surface area (Å²) in [5.74, 6) is 0. The molecule has 0 saturated carbocycles. The van der Waals surface area contributed by atoms with E-state index in [2.05, 4.69) is 60.7 Å². The first-order chi connectivity index (χ1) is 9.43. The molecule has 0 amide bonds. The summed E-state index contributed by atoms with van der Waals surface area (Å²) in [6.07, 6.45) is 10.4. The van der Waals surface area contributed by atoms with Crippen LogP contribution < -0.4 is 0 Å². The standard InChI is InChI=1S/C19H20/c1-2-8-16-10-4-6-12-18(16)14-15-19-13-7-5-11-17(19)9-3-1/h1-2,4-7,10-13H,3,8-9,14-15H2. The fourth-order valence-corrected chi connectivity index (χ4v) is 2.88. The third-order valence-electron chi connectivity index (χ3n) is 3.99. The molecule has 0 aromatic heterocycles. The van der Waals surface area contributed by atoms with Crippen LogP contribution in [-0.4, -0.2) is 0 Å². The minimum absolute atomic E-state index is 1.08. The van der Waals surface area contributed by atoms with Gasteiger partial charge in [-0.3, -0.25) is 0 Å². The summed E-state index contributed by atoms with van der Waals surface area (Å²) in [6.45, 7) is 0. The molecule has 0 aliphatic heterocycles. The summed E-state index contributed by atoms with van der Waals surface area (Å²) in [5.41, 5.74) is 6.03. The van der Waals surface area contributed by atoms with Gasteiger partial charge in [-0.05, 0) is 54.4 Å². The molecule has 0 radical (unpaired) electrons. The molecular weight excluding hydrogens is 228 g/mol. The summed E-state index contributed by atoms with van der Waals surface area (Å²) < 4.78 is 0. The third kappa shape index (κ3) is 2.96. The van der Waals surface area contributed by atoms with Gasteiger partial charge in [-0.2, -0.15) is 0 Å². The van der Waals surface area contributed by atoms with E-state index < -0.39 is 0 Å². The van der Waals surface area contributed by atoms with E-state index in [1.807, 2.05) is 0 Å². The van der Waals surface area contributed by atoms with Crippen LogP contribution in [-0.2, 0) is 25.7 Å². The highest BCUT2D eigenvalue weighted by atomic mass is 14.1. The second-order valence-electron chi connectivity index (χ2n) is 5.25. The van der Waals surface area contributed by atoms with Crippen LogP contribution in [0.4, 0.5) is 0 Å². The Balaban J connectivity index is 1.93. The number of hydrogen-bond donors (Lipinski definition) is 0. The Morgan fingerprint density at radius 1 is 0.526 bits per heavy atom. The Morgan fingerprint density at radius 2 is 1.05 bits per heavy atom. The first kappa shape index (κ1) is 12.2. The summed E-state index contributed by atoms with van der Waals surface area (Å²) in [5, 5.41) is 0. The van der Waals surface area contributed by atoms with Gasteiger partial charge in [-0.15, -0.1) is 0 Å². The van der Waals surface area contributed by atoms with Gasteiger partial charge in [-0.25, -0.2) is 0 Å². The first-order valence-corrected chi connectivity index (χ1v) is 7.22. The summed E-state index contributed by atoms with van der Waals surface area (Å²) in [4.78, 5) is 0. The molecule has 0 nitrogen and oxygen atoms in total. The normalized spacial score (nSPS) is 15.2. The second-order valence-corrected chi connectivity index (χ2v) is 5.25. The molecule has 2 aromatic carbocycles. The van der Waals surface area contributed by atoms with Gasteiger partial charge in [0.25, 0.3) is 0 Å². The summed E-state index contributed by atoms with van der Waals surface area (Å²) in [7, 11) is 0. The van der Waals surface area contributed by atoms with E-state index in [9.17, 15) is 0 Å². The number of benzene rings is 2. The van der Waals surface area contributed by atoms with Crippen LogP contribution in [0.25, 0.3) is 0 Å². The lowest BCUT2D eigenvalue weighted by atomic mass is 9.95. The zero-order valence-corrected chi connectivity index (χ0v) is 11.3.